The Morgan fingerprint density at radius 1 is 1.42 bits per heavy atom. The second-order valence-electron chi connectivity index (χ2n) is 6.51. The number of nitrogens with zero attached hydrogens (tertiary/aromatic N) is 1. The third-order valence-corrected chi connectivity index (χ3v) is 7.55. The summed E-state index contributed by atoms with van der Waals surface area (Å²) in [7, 11) is -3.73. The van der Waals surface area contributed by atoms with Crippen LogP contribution in [0.3, 0.4) is 0 Å². The van der Waals surface area contributed by atoms with Gasteiger partial charge in [-0.15, -0.1) is 0 Å². The van der Waals surface area contributed by atoms with E-state index in [1.165, 1.54) is 19.1 Å². The number of benzene rings is 1. The van der Waals surface area contributed by atoms with E-state index >= 15 is 0 Å². The second kappa shape index (κ2) is 5.17. The maximum absolute atomic E-state index is 14.3. The Labute approximate surface area is 138 Å². The van der Waals surface area contributed by atoms with Crippen LogP contribution in [0.2, 0.25) is 0 Å². The van der Waals surface area contributed by atoms with Crippen LogP contribution in [-0.4, -0.2) is 36.0 Å². The number of sulfone groups is 1. The molecule has 1 aliphatic carbocycles. The molecule has 1 fully saturated rings. The van der Waals surface area contributed by atoms with Crippen LogP contribution in [0.25, 0.3) is 0 Å². The lowest BCUT2D eigenvalue weighted by Gasteiger charge is -2.47. The van der Waals surface area contributed by atoms with Crippen molar-refractivity contribution in [2.24, 2.45) is 4.99 Å². The van der Waals surface area contributed by atoms with Crippen molar-refractivity contribution < 1.29 is 22.7 Å². The zero-order chi connectivity index (χ0) is 17.8. The number of hydrogen-bond donors (Lipinski definition) is 3. The van der Waals surface area contributed by atoms with Crippen molar-refractivity contribution in [3.8, 4) is 0 Å². The van der Waals surface area contributed by atoms with E-state index < -0.39 is 37.8 Å². The summed E-state index contributed by atoms with van der Waals surface area (Å²) in [5.41, 5.74) is 4.55. The first-order chi connectivity index (χ1) is 11.1. The molecule has 0 saturated heterocycles. The average molecular weight is 355 g/mol. The number of anilines is 1. The van der Waals surface area contributed by atoms with E-state index in [1.807, 2.05) is 0 Å². The van der Waals surface area contributed by atoms with Crippen LogP contribution in [-0.2, 0) is 15.4 Å². The maximum Gasteiger partial charge on any atom is 0.410 e. The van der Waals surface area contributed by atoms with Gasteiger partial charge in [-0.3, -0.25) is 10.3 Å². The number of halogens is 1. The van der Waals surface area contributed by atoms with Gasteiger partial charge < -0.3 is 10.8 Å². The first kappa shape index (κ1) is 16.7. The number of amidine groups is 1. The Balaban J connectivity index is 2.20. The summed E-state index contributed by atoms with van der Waals surface area (Å²) in [4.78, 5) is 15.4. The zero-order valence-corrected chi connectivity index (χ0v) is 13.9. The van der Waals surface area contributed by atoms with Crippen molar-refractivity contribution in [1.82, 2.24) is 5.32 Å². The van der Waals surface area contributed by atoms with Crippen LogP contribution < -0.4 is 11.1 Å². The average Bonchev–Trinajstić information content (AvgIpc) is 2.37. The van der Waals surface area contributed by atoms with Crippen molar-refractivity contribution in [2.75, 3.05) is 11.5 Å². The van der Waals surface area contributed by atoms with Crippen LogP contribution in [0.1, 0.15) is 31.7 Å². The minimum absolute atomic E-state index is 0.0323. The molecule has 1 aromatic rings. The number of rotatable bonds is 1. The molecule has 0 bridgehead atoms. The van der Waals surface area contributed by atoms with Crippen LogP contribution >= 0.6 is 0 Å². The molecule has 9 heteroatoms. The Kier molecular flexibility index (Phi) is 3.59. The summed E-state index contributed by atoms with van der Waals surface area (Å²) >= 11 is 0. The fourth-order valence-electron chi connectivity index (χ4n) is 3.42. The minimum Gasteiger partial charge on any atom is -0.465 e. The number of nitrogen functional groups attached to an aromatic ring is 1. The fourth-order valence-corrected chi connectivity index (χ4v) is 5.96. The first-order valence-electron chi connectivity index (χ1n) is 7.48. The normalized spacial score (nSPS) is 27.2. The van der Waals surface area contributed by atoms with Crippen LogP contribution in [0.5, 0.6) is 0 Å². The van der Waals surface area contributed by atoms with E-state index in [-0.39, 0.29) is 17.1 Å². The topological polar surface area (TPSA) is 122 Å². The molecule has 1 aliphatic heterocycles. The Morgan fingerprint density at radius 3 is 2.62 bits per heavy atom. The monoisotopic (exact) mass is 355 g/mol. The molecule has 4 N–H and O–H groups in total. The molecule has 1 heterocycles. The van der Waals surface area contributed by atoms with Gasteiger partial charge in [-0.1, -0.05) is 0 Å². The molecule has 130 valence electrons. The highest BCUT2D eigenvalue weighted by Crippen LogP contribution is 2.47. The highest BCUT2D eigenvalue weighted by atomic mass is 32.2. The van der Waals surface area contributed by atoms with Gasteiger partial charge in [0.15, 0.2) is 9.84 Å². The van der Waals surface area contributed by atoms with Crippen molar-refractivity contribution in [3.05, 3.63) is 29.6 Å². The highest BCUT2D eigenvalue weighted by molar-refractivity contribution is 7.93. The van der Waals surface area contributed by atoms with E-state index in [1.54, 1.807) is 0 Å². The molecular formula is C15H18FN3O4S. The fraction of sp³-hybridized carbons (Fsp3) is 0.467. The summed E-state index contributed by atoms with van der Waals surface area (Å²) in [6, 6.07) is 3.86. The first-order valence-corrected chi connectivity index (χ1v) is 9.13. The molecule has 0 radical (unpaired) electrons. The van der Waals surface area contributed by atoms with Crippen molar-refractivity contribution >= 4 is 27.5 Å². The lowest BCUT2D eigenvalue weighted by atomic mass is 9.82. The van der Waals surface area contributed by atoms with E-state index in [9.17, 15) is 17.6 Å². The maximum atomic E-state index is 14.3. The predicted octanol–water partition coefficient (Wildman–Crippen LogP) is 1.64. The van der Waals surface area contributed by atoms with Crippen LogP contribution in [0.4, 0.5) is 14.9 Å². The molecular weight excluding hydrogens is 337 g/mol. The Bertz CT molecular complexity index is 848. The van der Waals surface area contributed by atoms with Crippen molar-refractivity contribution in [2.45, 2.75) is 36.5 Å². The minimum atomic E-state index is -3.73. The Hall–Kier alpha value is -2.16. The second-order valence-corrected chi connectivity index (χ2v) is 8.81. The van der Waals surface area contributed by atoms with Gasteiger partial charge in [0.1, 0.15) is 21.9 Å². The molecule has 24 heavy (non-hydrogen) atoms. The largest absolute Gasteiger partial charge is 0.465 e. The molecule has 1 atom stereocenters. The molecule has 2 aliphatic rings. The number of hydrogen-bond acceptors (Lipinski definition) is 5. The molecule has 1 spiro atoms. The standard InChI is InChI=1S/C15H18FN3O4S/c1-14(10-7-9(17)3-4-11(10)16)8-24(22,23)15(5-2-6-15)12(19-14)18-13(20)21/h3-4,7H,2,5-6,8,17H2,1H3,(H,18,19)(H,20,21). The van der Waals surface area contributed by atoms with E-state index in [0.29, 0.717) is 19.3 Å². The number of carboxylic acid groups (broad SMARTS) is 1. The van der Waals surface area contributed by atoms with E-state index in [2.05, 4.69) is 10.3 Å². The molecule has 0 aromatic heterocycles. The SMILES string of the molecule is CC1(c2cc(N)ccc2F)CS(=O)(=O)C2(CCC2)C(NC(=O)O)=N1. The lowest BCUT2D eigenvalue weighted by Crippen LogP contribution is -2.63. The predicted molar refractivity (Wildman–Crippen MR) is 87.1 cm³/mol. The summed E-state index contributed by atoms with van der Waals surface area (Å²) in [6.45, 7) is 1.47. The van der Waals surface area contributed by atoms with E-state index in [0.717, 1.165) is 6.07 Å². The van der Waals surface area contributed by atoms with Gasteiger partial charge in [-0.25, -0.2) is 17.6 Å². The van der Waals surface area contributed by atoms with E-state index in [4.69, 9.17) is 10.8 Å². The molecule has 1 unspecified atom stereocenters. The Morgan fingerprint density at radius 2 is 2.08 bits per heavy atom. The molecule has 1 saturated carbocycles. The summed E-state index contributed by atoms with van der Waals surface area (Å²) in [6.07, 6.45) is -0.107. The molecule has 1 aromatic carbocycles. The molecule has 3 rings (SSSR count). The number of amides is 1. The van der Waals surface area contributed by atoms with Gasteiger partial charge in [0, 0.05) is 11.3 Å². The van der Waals surface area contributed by atoms with Gasteiger partial charge >= 0.3 is 6.09 Å². The molecule has 7 nitrogen and oxygen atoms in total. The third kappa shape index (κ3) is 2.34. The number of nitrogens with two attached hydrogens (primary N) is 1. The van der Waals surface area contributed by atoms with Crippen LogP contribution in [0, 0.1) is 5.82 Å². The van der Waals surface area contributed by atoms with Crippen molar-refractivity contribution in [1.29, 1.82) is 0 Å². The lowest BCUT2D eigenvalue weighted by molar-refractivity contribution is 0.199. The van der Waals surface area contributed by atoms with Gasteiger partial charge in [-0.05, 0) is 44.4 Å². The molecule has 1 amide bonds. The van der Waals surface area contributed by atoms with Gasteiger partial charge in [0.05, 0.1) is 5.75 Å². The summed E-state index contributed by atoms with van der Waals surface area (Å²) in [5, 5.41) is 11.2. The number of carbonyl (C=O) groups is 1. The summed E-state index contributed by atoms with van der Waals surface area (Å²) in [5.74, 6) is -1.16. The highest BCUT2D eigenvalue weighted by Gasteiger charge is 2.59. The van der Waals surface area contributed by atoms with Gasteiger partial charge in [-0.2, -0.15) is 0 Å². The number of aliphatic imine (C=N–C) groups is 1. The van der Waals surface area contributed by atoms with Gasteiger partial charge in [0.2, 0.25) is 0 Å². The summed E-state index contributed by atoms with van der Waals surface area (Å²) < 4.78 is 38.8. The zero-order valence-electron chi connectivity index (χ0n) is 13.0. The smallest absolute Gasteiger partial charge is 0.410 e. The van der Waals surface area contributed by atoms with Gasteiger partial charge in [0.25, 0.3) is 0 Å². The number of nitrogens with one attached hydrogen (secondary N) is 1. The van der Waals surface area contributed by atoms with Crippen molar-refractivity contribution in [3.63, 3.8) is 0 Å². The van der Waals surface area contributed by atoms with Crippen LogP contribution in [0.15, 0.2) is 23.2 Å². The third-order valence-electron chi connectivity index (χ3n) is 4.81. The quantitative estimate of drug-likeness (QED) is 0.661.